The molecule has 0 aliphatic carbocycles. The van der Waals surface area contributed by atoms with E-state index in [9.17, 15) is 19.5 Å². The minimum Gasteiger partial charge on any atom is -0.464 e. The first kappa shape index (κ1) is 24.8. The molecule has 188 valence electrons. The fourth-order valence-corrected chi connectivity index (χ4v) is 4.09. The first-order valence-corrected chi connectivity index (χ1v) is 11.5. The molecule has 2 aromatic carbocycles. The van der Waals surface area contributed by atoms with Crippen molar-refractivity contribution in [1.82, 2.24) is 9.55 Å². The average Bonchev–Trinajstić information content (AvgIpc) is 3.13. The first-order chi connectivity index (χ1) is 16.9. The van der Waals surface area contributed by atoms with E-state index in [4.69, 9.17) is 9.15 Å². The Hall–Kier alpha value is -4.34. The summed E-state index contributed by atoms with van der Waals surface area (Å²) in [6.45, 7) is 8.87. The molecule has 10 nitrogen and oxygen atoms in total. The standard InChI is InChI=1S/C26H28N4O6/c1-14(12-16-13-30(25(33)34)20-9-7-6-8-17(16)20)27-23-28-19-11-10-18(15(2)21(19)22(31)35-23)29-24(32)36-26(3,4)5/h6-11,13-14H,12H2,1-5H3,(H,27,28)(H,29,32)(H,33,34)/t14-/m1/s1. The number of rotatable bonds is 5. The molecule has 0 unspecified atom stereocenters. The number of anilines is 2. The van der Waals surface area contributed by atoms with E-state index in [1.54, 1.807) is 58.2 Å². The van der Waals surface area contributed by atoms with Crippen molar-refractivity contribution in [2.45, 2.75) is 52.7 Å². The monoisotopic (exact) mass is 492 g/mol. The van der Waals surface area contributed by atoms with Gasteiger partial charge in [-0.25, -0.2) is 14.4 Å². The Bertz CT molecular complexity index is 1530. The lowest BCUT2D eigenvalue weighted by Crippen LogP contribution is -2.27. The first-order valence-electron chi connectivity index (χ1n) is 11.5. The Morgan fingerprint density at radius 1 is 1.19 bits per heavy atom. The highest BCUT2D eigenvalue weighted by atomic mass is 16.6. The van der Waals surface area contributed by atoms with Crippen LogP contribution in [0.25, 0.3) is 21.8 Å². The van der Waals surface area contributed by atoms with Gasteiger partial charge in [-0.2, -0.15) is 4.98 Å². The van der Waals surface area contributed by atoms with E-state index in [1.807, 2.05) is 19.1 Å². The molecule has 0 spiro atoms. The van der Waals surface area contributed by atoms with Crippen molar-refractivity contribution in [2.75, 3.05) is 10.6 Å². The van der Waals surface area contributed by atoms with E-state index in [0.717, 1.165) is 10.9 Å². The molecule has 0 bridgehead atoms. The van der Waals surface area contributed by atoms with E-state index in [2.05, 4.69) is 15.6 Å². The smallest absolute Gasteiger partial charge is 0.416 e. The molecule has 4 aromatic rings. The third-order valence-corrected chi connectivity index (χ3v) is 5.59. The number of nitrogens with zero attached hydrogens (tertiary/aromatic N) is 2. The van der Waals surface area contributed by atoms with Gasteiger partial charge in [0.2, 0.25) is 0 Å². The van der Waals surface area contributed by atoms with Crippen LogP contribution in [0, 0.1) is 6.92 Å². The van der Waals surface area contributed by atoms with Gasteiger partial charge >= 0.3 is 17.8 Å². The van der Waals surface area contributed by atoms with Gasteiger partial charge in [0.05, 0.1) is 16.4 Å². The van der Waals surface area contributed by atoms with Gasteiger partial charge in [-0.1, -0.05) is 18.2 Å². The highest BCUT2D eigenvalue weighted by molar-refractivity contribution is 5.93. The number of para-hydroxylation sites is 1. The van der Waals surface area contributed by atoms with Gasteiger partial charge in [0.1, 0.15) is 5.60 Å². The predicted molar refractivity (Wildman–Crippen MR) is 137 cm³/mol. The average molecular weight is 493 g/mol. The van der Waals surface area contributed by atoms with Crippen molar-refractivity contribution in [3.8, 4) is 0 Å². The largest absolute Gasteiger partial charge is 0.464 e. The molecule has 0 radical (unpaired) electrons. The fourth-order valence-electron chi connectivity index (χ4n) is 4.09. The highest BCUT2D eigenvalue weighted by Gasteiger charge is 2.19. The van der Waals surface area contributed by atoms with E-state index >= 15 is 0 Å². The molecule has 0 saturated carbocycles. The summed E-state index contributed by atoms with van der Waals surface area (Å²) in [4.78, 5) is 41.0. The number of carbonyl (C=O) groups excluding carboxylic acids is 1. The zero-order valence-electron chi connectivity index (χ0n) is 20.7. The Labute approximate surface area is 206 Å². The highest BCUT2D eigenvalue weighted by Crippen LogP contribution is 2.25. The van der Waals surface area contributed by atoms with Crippen LogP contribution in [0.2, 0.25) is 0 Å². The quantitative estimate of drug-likeness (QED) is 0.338. The van der Waals surface area contributed by atoms with Crippen LogP contribution in [-0.4, -0.2) is 38.5 Å². The second-order valence-corrected chi connectivity index (χ2v) is 9.64. The van der Waals surface area contributed by atoms with Gasteiger partial charge in [0, 0.05) is 23.3 Å². The summed E-state index contributed by atoms with van der Waals surface area (Å²) >= 11 is 0. The fraction of sp³-hybridized carbons (Fsp3) is 0.308. The number of fused-ring (bicyclic) bond motifs is 2. The summed E-state index contributed by atoms with van der Waals surface area (Å²) in [5, 5.41) is 16.3. The molecule has 0 saturated heterocycles. The summed E-state index contributed by atoms with van der Waals surface area (Å²) in [6.07, 6.45) is 0.384. The van der Waals surface area contributed by atoms with Gasteiger partial charge in [-0.3, -0.25) is 9.88 Å². The van der Waals surface area contributed by atoms with Crippen molar-refractivity contribution in [3.05, 3.63) is 64.1 Å². The SMILES string of the molecule is Cc1c(NC(=O)OC(C)(C)C)ccc2nc(N[C@H](C)Cc3cn(C(=O)O)c4ccccc34)oc(=O)c12. The van der Waals surface area contributed by atoms with Crippen LogP contribution in [-0.2, 0) is 11.2 Å². The topological polar surface area (TPSA) is 136 Å². The maximum absolute atomic E-state index is 12.8. The number of hydrogen-bond acceptors (Lipinski definition) is 7. The minimum atomic E-state index is -1.06. The molecule has 0 aliphatic rings. The number of carbonyl (C=O) groups is 2. The molecule has 2 aromatic heterocycles. The number of benzene rings is 2. The van der Waals surface area contributed by atoms with E-state index in [0.29, 0.717) is 28.7 Å². The molecule has 2 heterocycles. The molecule has 10 heteroatoms. The number of amides is 1. The van der Waals surface area contributed by atoms with E-state index < -0.39 is 23.4 Å². The van der Waals surface area contributed by atoms with Crippen LogP contribution in [0.1, 0.15) is 38.8 Å². The normalized spacial score (nSPS) is 12.5. The molecule has 1 amide bonds. The van der Waals surface area contributed by atoms with Crippen molar-refractivity contribution in [2.24, 2.45) is 0 Å². The molecule has 3 N–H and O–H groups in total. The molecule has 36 heavy (non-hydrogen) atoms. The van der Waals surface area contributed by atoms with Crippen LogP contribution < -0.4 is 16.3 Å². The summed E-state index contributed by atoms with van der Waals surface area (Å²) in [7, 11) is 0. The molecular formula is C26H28N4O6. The van der Waals surface area contributed by atoms with Crippen molar-refractivity contribution < 1.29 is 23.8 Å². The third-order valence-electron chi connectivity index (χ3n) is 5.59. The Kier molecular flexibility index (Phi) is 6.45. The lowest BCUT2D eigenvalue weighted by Gasteiger charge is -2.20. The predicted octanol–water partition coefficient (Wildman–Crippen LogP) is 5.37. The number of hydrogen-bond donors (Lipinski definition) is 3. The Morgan fingerprint density at radius 3 is 2.61 bits per heavy atom. The Balaban J connectivity index is 1.56. The second-order valence-electron chi connectivity index (χ2n) is 9.64. The second kappa shape index (κ2) is 9.37. The number of aromatic nitrogens is 2. The van der Waals surface area contributed by atoms with Crippen LogP contribution >= 0.6 is 0 Å². The molecule has 4 rings (SSSR count). The number of carboxylic acid groups (broad SMARTS) is 1. The summed E-state index contributed by atoms with van der Waals surface area (Å²) < 4.78 is 11.9. The number of aryl methyl sites for hydroxylation is 1. The van der Waals surface area contributed by atoms with Gasteiger partial charge < -0.3 is 19.6 Å². The van der Waals surface area contributed by atoms with Gasteiger partial charge in [-0.15, -0.1) is 0 Å². The van der Waals surface area contributed by atoms with Crippen molar-refractivity contribution in [1.29, 1.82) is 0 Å². The van der Waals surface area contributed by atoms with Crippen molar-refractivity contribution in [3.63, 3.8) is 0 Å². The summed E-state index contributed by atoms with van der Waals surface area (Å²) in [6, 6.07) is 10.4. The Morgan fingerprint density at radius 2 is 1.92 bits per heavy atom. The minimum absolute atomic E-state index is 0.0502. The molecular weight excluding hydrogens is 464 g/mol. The van der Waals surface area contributed by atoms with Crippen molar-refractivity contribution >= 4 is 45.7 Å². The third kappa shape index (κ3) is 5.17. The zero-order chi connectivity index (χ0) is 26.2. The van der Waals surface area contributed by atoms with E-state index in [-0.39, 0.29) is 17.4 Å². The maximum Gasteiger partial charge on any atom is 0.416 e. The summed E-state index contributed by atoms with van der Waals surface area (Å²) in [5.74, 6) is 0. The number of nitrogens with one attached hydrogen (secondary N) is 2. The van der Waals surface area contributed by atoms with Crippen LogP contribution in [0.3, 0.4) is 0 Å². The zero-order valence-corrected chi connectivity index (χ0v) is 20.7. The van der Waals surface area contributed by atoms with Gasteiger partial charge in [0.25, 0.3) is 6.01 Å². The maximum atomic E-state index is 12.8. The molecule has 1 atom stereocenters. The van der Waals surface area contributed by atoms with Crippen LogP contribution in [0.15, 0.2) is 51.8 Å². The van der Waals surface area contributed by atoms with Gasteiger partial charge in [-0.05, 0) is 70.4 Å². The van der Waals surface area contributed by atoms with Crippen LogP contribution in [0.5, 0.6) is 0 Å². The molecule has 0 aliphatic heterocycles. The number of ether oxygens (including phenoxy) is 1. The lowest BCUT2D eigenvalue weighted by molar-refractivity contribution is 0.0635. The lowest BCUT2D eigenvalue weighted by atomic mass is 10.1. The molecule has 0 fully saturated rings. The van der Waals surface area contributed by atoms with Gasteiger partial charge in [0.15, 0.2) is 0 Å². The van der Waals surface area contributed by atoms with Crippen LogP contribution in [0.4, 0.5) is 21.3 Å². The van der Waals surface area contributed by atoms with E-state index in [1.165, 1.54) is 4.57 Å². The summed E-state index contributed by atoms with van der Waals surface area (Å²) in [5.41, 5.74) is 1.54.